The molecule has 248 valence electrons. The molecule has 2 nitrogen and oxygen atoms in total. The van der Waals surface area contributed by atoms with Crippen LogP contribution < -0.4 is 16.4 Å². The Hall–Kier alpha value is -6.84. The van der Waals surface area contributed by atoms with Crippen molar-refractivity contribution in [2.24, 2.45) is 0 Å². The summed E-state index contributed by atoms with van der Waals surface area (Å²) in [5, 5.41) is 10.6. The van der Waals surface area contributed by atoms with Crippen LogP contribution in [0, 0.1) is 6.92 Å². The van der Waals surface area contributed by atoms with E-state index in [0.717, 1.165) is 0 Å². The first-order chi connectivity index (χ1) is 26.7. The summed E-state index contributed by atoms with van der Waals surface area (Å²) in [5.74, 6) is 0. The van der Waals surface area contributed by atoms with Gasteiger partial charge in [-0.05, 0) is 105 Å². The Kier molecular flexibility index (Phi) is 5.42. The van der Waals surface area contributed by atoms with Crippen LogP contribution >= 0.6 is 0 Å². The van der Waals surface area contributed by atoms with Gasteiger partial charge in [0.25, 0.3) is 0 Å². The zero-order valence-electron chi connectivity index (χ0n) is 29.6. The molecule has 0 atom stereocenters. The predicted octanol–water partition coefficient (Wildman–Crippen LogP) is 11.0. The molecule has 2 aromatic heterocycles. The van der Waals surface area contributed by atoms with Crippen LogP contribution in [-0.4, -0.2) is 15.8 Å². The molecule has 0 unspecified atom stereocenters. The Morgan fingerprint density at radius 2 is 0.833 bits per heavy atom. The van der Waals surface area contributed by atoms with Crippen LogP contribution in [0.4, 0.5) is 0 Å². The van der Waals surface area contributed by atoms with E-state index in [9.17, 15) is 0 Å². The summed E-state index contributed by atoms with van der Waals surface area (Å²) < 4.78 is 4.94. The lowest BCUT2D eigenvalue weighted by molar-refractivity contribution is 1.18. The topological polar surface area (TPSA) is 9.86 Å². The molecule has 0 saturated carbocycles. The second-order valence-corrected chi connectivity index (χ2v) is 15.3. The van der Waals surface area contributed by atoms with Crippen molar-refractivity contribution < 1.29 is 0 Å². The van der Waals surface area contributed by atoms with E-state index in [-0.39, 0.29) is 6.71 Å². The van der Waals surface area contributed by atoms with Crippen molar-refractivity contribution in [1.82, 2.24) is 9.13 Å². The minimum atomic E-state index is 0.128. The van der Waals surface area contributed by atoms with Gasteiger partial charge < -0.3 is 9.13 Å². The predicted molar refractivity (Wildman–Crippen MR) is 230 cm³/mol. The van der Waals surface area contributed by atoms with E-state index >= 15 is 0 Å². The fraction of sp³-hybridized carbons (Fsp3) is 0.0196. The van der Waals surface area contributed by atoms with Crippen molar-refractivity contribution in [1.29, 1.82) is 0 Å². The third-order valence-electron chi connectivity index (χ3n) is 12.5. The van der Waals surface area contributed by atoms with Gasteiger partial charge in [0.05, 0.1) is 22.1 Å². The van der Waals surface area contributed by atoms with E-state index < -0.39 is 0 Å². The fourth-order valence-corrected chi connectivity index (χ4v) is 10.6. The summed E-state index contributed by atoms with van der Waals surface area (Å²) in [6.45, 7) is 2.42. The van der Waals surface area contributed by atoms with E-state index in [0.29, 0.717) is 0 Å². The summed E-state index contributed by atoms with van der Waals surface area (Å²) in [5.41, 5.74) is 18.4. The highest BCUT2D eigenvalue weighted by Crippen LogP contribution is 2.49. The minimum Gasteiger partial charge on any atom is -0.309 e. The van der Waals surface area contributed by atoms with Gasteiger partial charge in [-0.2, -0.15) is 0 Å². The van der Waals surface area contributed by atoms with Crippen molar-refractivity contribution in [2.75, 3.05) is 0 Å². The largest absolute Gasteiger partial charge is 0.309 e. The molecule has 0 fully saturated rings. The van der Waals surface area contributed by atoms with Crippen LogP contribution in [0.2, 0.25) is 0 Å². The number of benzene rings is 9. The molecular formula is C51H31BN2. The van der Waals surface area contributed by atoms with Crippen molar-refractivity contribution in [3.8, 4) is 33.6 Å². The molecule has 9 aromatic carbocycles. The number of aromatic nitrogens is 2. The molecule has 13 rings (SSSR count). The number of nitrogens with zero attached hydrogens (tertiary/aromatic N) is 2. The SMILES string of the molecule is Cc1cc2c3c(c1)-c1c4c(cccc4cc4c1c1ccccc1n4-c1ccccc1)B3c1cccc3cc4c(c-2c13)c1ccccc1n4-c1ccccc1. The number of para-hydroxylation sites is 4. The Morgan fingerprint density at radius 1 is 0.389 bits per heavy atom. The van der Waals surface area contributed by atoms with Gasteiger partial charge in [-0.25, -0.2) is 0 Å². The normalized spacial score (nSPS) is 12.9. The second kappa shape index (κ2) is 10.2. The number of aryl methyl sites for hydroxylation is 1. The maximum Gasteiger partial charge on any atom is 0.244 e. The Bertz CT molecular complexity index is 3220. The number of rotatable bonds is 2. The summed E-state index contributed by atoms with van der Waals surface area (Å²) in [6, 6.07) is 63.7. The maximum atomic E-state index is 2.49. The summed E-state index contributed by atoms with van der Waals surface area (Å²) >= 11 is 0. The summed E-state index contributed by atoms with van der Waals surface area (Å²) in [6.07, 6.45) is 0. The van der Waals surface area contributed by atoms with E-state index in [1.54, 1.807) is 0 Å². The zero-order valence-corrected chi connectivity index (χ0v) is 29.6. The van der Waals surface area contributed by atoms with Crippen LogP contribution in [0.1, 0.15) is 5.56 Å². The first-order valence-corrected chi connectivity index (χ1v) is 19.0. The Morgan fingerprint density at radius 3 is 1.31 bits per heavy atom. The van der Waals surface area contributed by atoms with E-state index in [1.807, 2.05) is 0 Å². The standard InChI is InChI=1S/C51H31BN2/c1-30-26-37-49-45-31(28-43-47(49)35-20-8-10-24-41(35)53(43)33-16-4-2-5-17-33)14-12-22-39(45)52-40-23-13-15-32-29-44-48(50(46(32)40)38(27-30)51(37)52)36-21-9-11-25-42(36)54(44)34-18-6-3-7-19-34/h2-29H,1H3. The lowest BCUT2D eigenvalue weighted by atomic mass is 9.31. The monoisotopic (exact) mass is 682 g/mol. The fourth-order valence-electron chi connectivity index (χ4n) is 10.6. The van der Waals surface area contributed by atoms with Gasteiger partial charge in [-0.3, -0.25) is 0 Å². The van der Waals surface area contributed by atoms with Gasteiger partial charge in [0, 0.05) is 32.9 Å². The molecule has 3 heteroatoms. The molecule has 0 bridgehead atoms. The molecule has 0 amide bonds. The first kappa shape index (κ1) is 28.7. The van der Waals surface area contributed by atoms with Gasteiger partial charge in [0.15, 0.2) is 0 Å². The average Bonchev–Trinajstić information content (AvgIpc) is 3.73. The molecule has 11 aromatic rings. The maximum absolute atomic E-state index is 2.49. The number of hydrogen-bond acceptors (Lipinski definition) is 0. The highest BCUT2D eigenvalue weighted by Gasteiger charge is 2.40. The van der Waals surface area contributed by atoms with E-state index in [1.165, 1.54) is 121 Å². The molecule has 0 saturated heterocycles. The third-order valence-corrected chi connectivity index (χ3v) is 12.5. The molecule has 0 radical (unpaired) electrons. The molecule has 2 aliphatic heterocycles. The summed E-state index contributed by atoms with van der Waals surface area (Å²) in [7, 11) is 0. The van der Waals surface area contributed by atoms with Crippen molar-refractivity contribution in [3.05, 3.63) is 175 Å². The lowest BCUT2D eigenvalue weighted by Crippen LogP contribution is -2.57. The van der Waals surface area contributed by atoms with E-state index in [4.69, 9.17) is 0 Å². The highest BCUT2D eigenvalue weighted by molar-refractivity contribution is 7.01. The quantitative estimate of drug-likeness (QED) is 0.161. The van der Waals surface area contributed by atoms with Crippen molar-refractivity contribution >= 4 is 88.3 Å². The second-order valence-electron chi connectivity index (χ2n) is 15.3. The molecule has 4 heterocycles. The highest BCUT2D eigenvalue weighted by atomic mass is 15.0. The third kappa shape index (κ3) is 3.48. The van der Waals surface area contributed by atoms with Crippen LogP contribution in [-0.2, 0) is 0 Å². The summed E-state index contributed by atoms with van der Waals surface area (Å²) in [4.78, 5) is 0. The van der Waals surface area contributed by atoms with Crippen LogP contribution in [0.5, 0.6) is 0 Å². The number of hydrogen-bond donors (Lipinski definition) is 0. The van der Waals surface area contributed by atoms with Gasteiger partial charge in [-0.15, -0.1) is 0 Å². The molecular weight excluding hydrogens is 651 g/mol. The lowest BCUT2D eigenvalue weighted by Gasteiger charge is -2.35. The molecule has 0 aliphatic carbocycles. The van der Waals surface area contributed by atoms with Crippen LogP contribution in [0.15, 0.2) is 170 Å². The van der Waals surface area contributed by atoms with Crippen molar-refractivity contribution in [2.45, 2.75) is 6.92 Å². The van der Waals surface area contributed by atoms with Crippen LogP contribution in [0.25, 0.3) is 98.8 Å². The first-order valence-electron chi connectivity index (χ1n) is 19.0. The van der Waals surface area contributed by atoms with Gasteiger partial charge >= 0.3 is 0 Å². The Balaban J connectivity index is 1.25. The number of fused-ring (bicyclic) bond motifs is 12. The van der Waals surface area contributed by atoms with Gasteiger partial charge in [0.2, 0.25) is 6.71 Å². The smallest absolute Gasteiger partial charge is 0.244 e. The van der Waals surface area contributed by atoms with Gasteiger partial charge in [-0.1, -0.05) is 138 Å². The van der Waals surface area contributed by atoms with E-state index in [2.05, 4.69) is 186 Å². The zero-order chi connectivity index (χ0) is 35.2. The van der Waals surface area contributed by atoms with Crippen LogP contribution in [0.3, 0.4) is 0 Å². The molecule has 0 N–H and O–H groups in total. The Labute approximate surface area is 312 Å². The molecule has 54 heavy (non-hydrogen) atoms. The molecule has 2 aliphatic rings. The van der Waals surface area contributed by atoms with Crippen molar-refractivity contribution in [3.63, 3.8) is 0 Å². The molecule has 0 spiro atoms. The average molecular weight is 683 g/mol. The van der Waals surface area contributed by atoms with Gasteiger partial charge in [0.1, 0.15) is 0 Å². The minimum absolute atomic E-state index is 0.128.